The average Bonchev–Trinajstić information content (AvgIpc) is 3.08. The molecule has 2 rings (SSSR count). The van der Waals surface area contributed by atoms with Crippen LogP contribution in [0, 0.1) is 0 Å². The molecule has 2 aliphatic rings. The normalized spacial score (nSPS) is 26.5. The second-order valence-corrected chi connectivity index (χ2v) is 7.53. The van der Waals surface area contributed by atoms with Crippen molar-refractivity contribution in [1.29, 1.82) is 0 Å². The van der Waals surface area contributed by atoms with Crippen molar-refractivity contribution >= 4 is 0 Å². The second kappa shape index (κ2) is 10.6. The van der Waals surface area contributed by atoms with Crippen molar-refractivity contribution in [1.82, 2.24) is 4.90 Å². The quantitative estimate of drug-likeness (QED) is 0.541. The van der Waals surface area contributed by atoms with Gasteiger partial charge in [0.2, 0.25) is 0 Å². The van der Waals surface area contributed by atoms with Crippen molar-refractivity contribution < 1.29 is 4.74 Å². The summed E-state index contributed by atoms with van der Waals surface area (Å²) in [7, 11) is 0. The van der Waals surface area contributed by atoms with Crippen LogP contribution < -0.4 is 5.73 Å². The van der Waals surface area contributed by atoms with Crippen LogP contribution in [0.4, 0.5) is 0 Å². The van der Waals surface area contributed by atoms with Crippen molar-refractivity contribution in [2.45, 2.75) is 109 Å². The molecule has 2 saturated heterocycles. The molecule has 2 N–H and O–H groups in total. The third kappa shape index (κ3) is 6.55. The first kappa shape index (κ1) is 18.2. The maximum atomic E-state index is 5.77. The molecule has 22 heavy (non-hydrogen) atoms. The standard InChI is InChI=1S/C19H38N2O/c1-17(20)11-9-7-5-3-2-4-6-8-10-12-18-13-14-19-21(18)15-16-22-19/h17-19H,2-16,20H2,1H3/t17-,18+,19+/m0/s1. The maximum absolute atomic E-state index is 5.77. The van der Waals surface area contributed by atoms with Gasteiger partial charge in [0, 0.05) is 18.6 Å². The summed E-state index contributed by atoms with van der Waals surface area (Å²) >= 11 is 0. The predicted octanol–water partition coefficient (Wildman–Crippen LogP) is 4.45. The van der Waals surface area contributed by atoms with Crippen molar-refractivity contribution in [3.8, 4) is 0 Å². The molecule has 0 aliphatic carbocycles. The number of fused-ring (bicyclic) bond motifs is 1. The smallest absolute Gasteiger partial charge is 0.111 e. The fraction of sp³-hybridized carbons (Fsp3) is 1.00. The molecule has 0 bridgehead atoms. The van der Waals surface area contributed by atoms with E-state index in [4.69, 9.17) is 10.5 Å². The first-order valence-corrected chi connectivity index (χ1v) is 9.90. The SMILES string of the molecule is C[C@H](N)CCCCCCCCCCC[C@@H]1CC[C@H]2OCCN12. The number of hydrogen-bond donors (Lipinski definition) is 1. The third-order valence-electron chi connectivity index (χ3n) is 5.44. The molecule has 3 nitrogen and oxygen atoms in total. The van der Waals surface area contributed by atoms with E-state index in [2.05, 4.69) is 11.8 Å². The van der Waals surface area contributed by atoms with E-state index in [9.17, 15) is 0 Å². The number of rotatable bonds is 12. The molecule has 0 aromatic carbocycles. The van der Waals surface area contributed by atoms with Crippen LogP contribution in [0.25, 0.3) is 0 Å². The topological polar surface area (TPSA) is 38.5 Å². The van der Waals surface area contributed by atoms with Gasteiger partial charge in [-0.15, -0.1) is 0 Å². The van der Waals surface area contributed by atoms with Gasteiger partial charge in [-0.3, -0.25) is 4.90 Å². The van der Waals surface area contributed by atoms with Crippen molar-refractivity contribution in [2.24, 2.45) is 5.73 Å². The summed E-state index contributed by atoms with van der Waals surface area (Å²) in [6.07, 6.45) is 18.4. The maximum Gasteiger partial charge on any atom is 0.111 e. The van der Waals surface area contributed by atoms with Gasteiger partial charge in [-0.2, -0.15) is 0 Å². The lowest BCUT2D eigenvalue weighted by Gasteiger charge is -2.21. The molecule has 0 amide bonds. The Balaban J connectivity index is 1.33. The molecule has 3 atom stereocenters. The lowest BCUT2D eigenvalue weighted by Crippen LogP contribution is -2.31. The zero-order valence-electron chi connectivity index (χ0n) is 14.8. The van der Waals surface area contributed by atoms with Gasteiger partial charge in [0.15, 0.2) is 0 Å². The van der Waals surface area contributed by atoms with Gasteiger partial charge in [0.25, 0.3) is 0 Å². The van der Waals surface area contributed by atoms with Crippen LogP contribution >= 0.6 is 0 Å². The van der Waals surface area contributed by atoms with Gasteiger partial charge >= 0.3 is 0 Å². The van der Waals surface area contributed by atoms with Gasteiger partial charge in [0.05, 0.1) is 6.61 Å². The van der Waals surface area contributed by atoms with Gasteiger partial charge in [-0.1, -0.05) is 57.8 Å². The molecule has 0 saturated carbocycles. The monoisotopic (exact) mass is 310 g/mol. The van der Waals surface area contributed by atoms with E-state index < -0.39 is 0 Å². The van der Waals surface area contributed by atoms with Crippen molar-refractivity contribution in [3.05, 3.63) is 0 Å². The molecule has 2 fully saturated rings. The van der Waals surface area contributed by atoms with Crippen molar-refractivity contribution in [3.63, 3.8) is 0 Å². The van der Waals surface area contributed by atoms with Crippen LogP contribution in [0.1, 0.15) is 90.4 Å². The molecule has 0 aromatic heterocycles. The van der Waals surface area contributed by atoms with Crippen molar-refractivity contribution in [2.75, 3.05) is 13.2 Å². The van der Waals surface area contributed by atoms with Crippen LogP contribution in [0.3, 0.4) is 0 Å². The largest absolute Gasteiger partial charge is 0.362 e. The number of unbranched alkanes of at least 4 members (excludes halogenated alkanes) is 8. The minimum absolute atomic E-state index is 0.391. The Labute approximate surface area is 138 Å². The highest BCUT2D eigenvalue weighted by Crippen LogP contribution is 2.31. The van der Waals surface area contributed by atoms with Gasteiger partial charge in [0.1, 0.15) is 6.23 Å². The minimum atomic E-state index is 0.391. The fourth-order valence-electron chi connectivity index (χ4n) is 4.10. The summed E-state index contributed by atoms with van der Waals surface area (Å²) in [5.41, 5.74) is 5.77. The molecule has 0 aromatic rings. The van der Waals surface area contributed by atoms with Gasteiger partial charge in [-0.25, -0.2) is 0 Å². The first-order valence-electron chi connectivity index (χ1n) is 9.90. The van der Waals surface area contributed by atoms with Crippen LogP contribution in [0.2, 0.25) is 0 Å². The predicted molar refractivity (Wildman–Crippen MR) is 93.9 cm³/mol. The van der Waals surface area contributed by atoms with E-state index in [1.807, 2.05) is 0 Å². The first-order chi connectivity index (χ1) is 10.8. The van der Waals surface area contributed by atoms with Crippen LogP contribution in [0.5, 0.6) is 0 Å². The zero-order valence-corrected chi connectivity index (χ0v) is 14.8. The number of nitrogens with two attached hydrogens (primary N) is 1. The van der Waals surface area contributed by atoms with Crippen LogP contribution in [0.15, 0.2) is 0 Å². The number of hydrogen-bond acceptors (Lipinski definition) is 3. The summed E-state index contributed by atoms with van der Waals surface area (Å²) in [4.78, 5) is 2.61. The van der Waals surface area contributed by atoms with E-state index in [-0.39, 0.29) is 0 Å². The van der Waals surface area contributed by atoms with E-state index in [1.54, 1.807) is 0 Å². The summed E-state index contributed by atoms with van der Waals surface area (Å²) in [6, 6.07) is 1.22. The molecule has 2 aliphatic heterocycles. The lowest BCUT2D eigenvalue weighted by atomic mass is 10.0. The molecule has 3 heteroatoms. The highest BCUT2D eigenvalue weighted by Gasteiger charge is 2.36. The Morgan fingerprint density at radius 1 is 0.955 bits per heavy atom. The average molecular weight is 311 g/mol. The van der Waals surface area contributed by atoms with Crippen LogP contribution in [-0.4, -0.2) is 36.4 Å². The lowest BCUT2D eigenvalue weighted by molar-refractivity contribution is 0.0481. The second-order valence-electron chi connectivity index (χ2n) is 7.53. The van der Waals surface area contributed by atoms with Gasteiger partial charge in [-0.05, 0) is 32.6 Å². The molecule has 130 valence electrons. The molecule has 0 unspecified atom stereocenters. The highest BCUT2D eigenvalue weighted by molar-refractivity contribution is 4.85. The number of ether oxygens (including phenoxy) is 1. The van der Waals surface area contributed by atoms with Gasteiger partial charge < -0.3 is 10.5 Å². The Morgan fingerprint density at radius 3 is 2.27 bits per heavy atom. The summed E-state index contributed by atoms with van der Waals surface area (Å²) in [6.45, 7) is 4.26. The Kier molecular flexibility index (Phi) is 8.79. The molecular formula is C19H38N2O. The Morgan fingerprint density at radius 2 is 1.59 bits per heavy atom. The van der Waals surface area contributed by atoms with Crippen LogP contribution in [-0.2, 0) is 4.74 Å². The van der Waals surface area contributed by atoms with E-state index >= 15 is 0 Å². The van der Waals surface area contributed by atoms with E-state index in [0.29, 0.717) is 12.3 Å². The molecular weight excluding hydrogens is 272 g/mol. The zero-order chi connectivity index (χ0) is 15.6. The Bertz CT molecular complexity index is 283. The molecule has 2 heterocycles. The highest BCUT2D eigenvalue weighted by atomic mass is 16.5. The van der Waals surface area contributed by atoms with E-state index in [0.717, 1.165) is 12.6 Å². The summed E-state index contributed by atoms with van der Waals surface area (Å²) in [5.74, 6) is 0. The third-order valence-corrected chi connectivity index (χ3v) is 5.44. The fourth-order valence-corrected chi connectivity index (χ4v) is 4.10. The molecule has 0 radical (unpaired) electrons. The van der Waals surface area contributed by atoms with E-state index in [1.165, 1.54) is 90.0 Å². The number of nitrogens with zero attached hydrogens (tertiary/aromatic N) is 1. The molecule has 0 spiro atoms. The minimum Gasteiger partial charge on any atom is -0.362 e. The summed E-state index contributed by atoms with van der Waals surface area (Å²) in [5, 5.41) is 0. The summed E-state index contributed by atoms with van der Waals surface area (Å²) < 4.78 is 5.74. The Hall–Kier alpha value is -0.120.